The van der Waals surface area contributed by atoms with Gasteiger partial charge in [0, 0.05) is 12.1 Å². The van der Waals surface area contributed by atoms with E-state index in [-0.39, 0.29) is 22.0 Å². The number of nitro benzene ring substituents is 1. The van der Waals surface area contributed by atoms with Gasteiger partial charge in [0.15, 0.2) is 0 Å². The van der Waals surface area contributed by atoms with E-state index in [0.717, 1.165) is 12.1 Å². The number of hydrogen-bond acceptors (Lipinski definition) is 7. The van der Waals surface area contributed by atoms with Gasteiger partial charge in [0.2, 0.25) is 5.71 Å². The molecule has 92 valence electrons. The van der Waals surface area contributed by atoms with Crippen LogP contribution in [-0.2, 0) is 0 Å². The summed E-state index contributed by atoms with van der Waals surface area (Å²) in [6.45, 7) is 0. The topological polar surface area (TPSA) is 139 Å². The number of benzene rings is 1. The van der Waals surface area contributed by atoms with Crippen molar-refractivity contribution in [1.29, 1.82) is 15.8 Å². The van der Waals surface area contributed by atoms with Crippen molar-refractivity contribution in [2.24, 2.45) is 5.10 Å². The molecular formula is C10H3ClN6O2. The van der Waals surface area contributed by atoms with E-state index in [1.54, 1.807) is 6.07 Å². The molecule has 19 heavy (non-hydrogen) atoms. The van der Waals surface area contributed by atoms with Gasteiger partial charge in [-0.05, 0) is 0 Å². The summed E-state index contributed by atoms with van der Waals surface area (Å²) < 4.78 is 0. The molecule has 1 N–H and O–H groups in total. The van der Waals surface area contributed by atoms with Crippen LogP contribution in [-0.4, -0.2) is 10.6 Å². The number of hydrazone groups is 1. The lowest BCUT2D eigenvalue weighted by Gasteiger charge is -2.05. The lowest BCUT2D eigenvalue weighted by molar-refractivity contribution is -0.384. The summed E-state index contributed by atoms with van der Waals surface area (Å²) in [6.07, 6.45) is 0. The van der Waals surface area contributed by atoms with E-state index in [1.165, 1.54) is 12.1 Å². The van der Waals surface area contributed by atoms with Gasteiger partial charge >= 0.3 is 0 Å². The number of hydrogen-bond donors (Lipinski definition) is 1. The lowest BCUT2D eigenvalue weighted by Crippen LogP contribution is -2.00. The van der Waals surface area contributed by atoms with Crippen molar-refractivity contribution in [1.82, 2.24) is 0 Å². The van der Waals surface area contributed by atoms with Crippen molar-refractivity contribution in [2.45, 2.75) is 0 Å². The van der Waals surface area contributed by atoms with E-state index in [1.807, 2.05) is 0 Å². The largest absolute Gasteiger partial charge is 0.274 e. The molecule has 8 nitrogen and oxygen atoms in total. The predicted octanol–water partition coefficient (Wildman–Crippen LogP) is 1.93. The first-order chi connectivity index (χ1) is 9.03. The zero-order chi connectivity index (χ0) is 14.4. The van der Waals surface area contributed by atoms with Crippen LogP contribution in [0.15, 0.2) is 17.2 Å². The summed E-state index contributed by atoms with van der Waals surface area (Å²) in [6, 6.07) is 6.73. The molecule has 9 heteroatoms. The van der Waals surface area contributed by atoms with E-state index in [9.17, 15) is 10.1 Å². The maximum Gasteiger partial charge on any atom is 0.272 e. The van der Waals surface area contributed by atoms with E-state index in [0.29, 0.717) is 0 Å². The first-order valence-corrected chi connectivity index (χ1v) is 4.93. The first kappa shape index (κ1) is 13.9. The normalized spacial score (nSPS) is 8.53. The Morgan fingerprint density at radius 1 is 1.37 bits per heavy atom. The molecule has 0 fully saturated rings. The van der Waals surface area contributed by atoms with Crippen molar-refractivity contribution in [3.8, 4) is 18.2 Å². The van der Waals surface area contributed by atoms with E-state index >= 15 is 0 Å². The molecule has 1 aromatic rings. The zero-order valence-electron chi connectivity index (χ0n) is 9.09. The number of nitriles is 3. The minimum Gasteiger partial charge on any atom is -0.274 e. The highest BCUT2D eigenvalue weighted by molar-refractivity contribution is 6.33. The predicted molar refractivity (Wildman–Crippen MR) is 65.1 cm³/mol. The fraction of sp³-hybridized carbons (Fsp3) is 0. The van der Waals surface area contributed by atoms with Gasteiger partial charge in [0.1, 0.15) is 18.2 Å². The molecular weight excluding hydrogens is 272 g/mol. The van der Waals surface area contributed by atoms with E-state index in [2.05, 4.69) is 10.5 Å². The molecule has 0 saturated carbocycles. The Kier molecular flexibility index (Phi) is 4.37. The highest BCUT2D eigenvalue weighted by Crippen LogP contribution is 2.30. The lowest BCUT2D eigenvalue weighted by atomic mass is 10.2. The van der Waals surface area contributed by atoms with Crippen LogP contribution in [0.5, 0.6) is 0 Å². The molecule has 1 aromatic carbocycles. The highest BCUT2D eigenvalue weighted by atomic mass is 35.5. The summed E-state index contributed by atoms with van der Waals surface area (Å²) in [7, 11) is 0. The molecule has 0 saturated heterocycles. The van der Waals surface area contributed by atoms with Gasteiger partial charge in [-0.1, -0.05) is 11.6 Å². The Balaban J connectivity index is 3.28. The molecule has 0 bridgehead atoms. The summed E-state index contributed by atoms with van der Waals surface area (Å²) in [5.74, 6) is 0. The van der Waals surface area contributed by atoms with Crippen LogP contribution in [0.2, 0.25) is 5.02 Å². The fourth-order valence-corrected chi connectivity index (χ4v) is 1.34. The molecule has 1 rings (SSSR count). The van der Waals surface area contributed by atoms with Crippen molar-refractivity contribution in [3.05, 3.63) is 32.8 Å². The van der Waals surface area contributed by atoms with Gasteiger partial charge in [-0.15, -0.1) is 0 Å². The summed E-state index contributed by atoms with van der Waals surface area (Å²) in [5.41, 5.74) is 1.30. The van der Waals surface area contributed by atoms with Crippen LogP contribution in [0, 0.1) is 44.1 Å². The number of anilines is 1. The molecule has 0 amide bonds. The number of nitro groups is 1. The monoisotopic (exact) mass is 274 g/mol. The summed E-state index contributed by atoms with van der Waals surface area (Å²) >= 11 is 5.77. The maximum absolute atomic E-state index is 10.6. The number of rotatable bonds is 3. The average molecular weight is 275 g/mol. The van der Waals surface area contributed by atoms with Gasteiger partial charge in [0.25, 0.3) is 5.69 Å². The standard InChI is InChI=1S/C10H3ClN6O2/c11-9-2-8(17(18)19)1-6(3-12)10(9)16-15-7(4-13)5-14/h1-2,16H. The molecule has 0 spiro atoms. The quantitative estimate of drug-likeness (QED) is 0.507. The Morgan fingerprint density at radius 2 is 2.00 bits per heavy atom. The number of non-ortho nitro benzene ring substituents is 1. The number of halogens is 1. The van der Waals surface area contributed by atoms with Crippen LogP contribution in [0.1, 0.15) is 5.56 Å². The zero-order valence-corrected chi connectivity index (χ0v) is 9.84. The molecule has 0 aromatic heterocycles. The maximum atomic E-state index is 10.6. The van der Waals surface area contributed by atoms with Crippen molar-refractivity contribution >= 4 is 28.7 Å². The fourth-order valence-electron chi connectivity index (χ4n) is 1.09. The average Bonchev–Trinajstić information content (AvgIpc) is 2.40. The Morgan fingerprint density at radius 3 is 2.47 bits per heavy atom. The molecule has 0 aliphatic carbocycles. The summed E-state index contributed by atoms with van der Waals surface area (Å²) in [5, 5.41) is 39.7. The second-order valence-electron chi connectivity index (χ2n) is 3.01. The SMILES string of the molecule is N#CC(C#N)=NNc1c(Cl)cc([N+](=O)[O-])cc1C#N. The first-order valence-electron chi connectivity index (χ1n) is 4.55. The Bertz CT molecular complexity index is 676. The molecule has 0 atom stereocenters. The van der Waals surface area contributed by atoms with Crippen molar-refractivity contribution < 1.29 is 4.92 Å². The second kappa shape index (κ2) is 5.97. The molecule has 0 radical (unpaired) electrons. The van der Waals surface area contributed by atoms with Gasteiger partial charge in [-0.3, -0.25) is 15.5 Å². The van der Waals surface area contributed by atoms with Crippen LogP contribution in [0.3, 0.4) is 0 Å². The Hall–Kier alpha value is -3.15. The minimum absolute atomic E-state index is 0.0160. The van der Waals surface area contributed by atoms with E-state index < -0.39 is 10.6 Å². The van der Waals surface area contributed by atoms with Gasteiger partial charge in [0.05, 0.1) is 21.2 Å². The van der Waals surface area contributed by atoms with Crippen molar-refractivity contribution in [2.75, 3.05) is 5.43 Å². The van der Waals surface area contributed by atoms with Crippen LogP contribution < -0.4 is 5.43 Å². The van der Waals surface area contributed by atoms with Crippen LogP contribution in [0.25, 0.3) is 0 Å². The molecule has 0 aliphatic heterocycles. The Labute approximate surface area is 111 Å². The number of nitrogens with zero attached hydrogens (tertiary/aromatic N) is 5. The van der Waals surface area contributed by atoms with Crippen LogP contribution in [0.4, 0.5) is 11.4 Å². The smallest absolute Gasteiger partial charge is 0.272 e. The number of nitrogens with one attached hydrogen (secondary N) is 1. The molecule has 0 heterocycles. The van der Waals surface area contributed by atoms with Crippen LogP contribution >= 0.6 is 11.6 Å². The third kappa shape index (κ3) is 3.16. The summed E-state index contributed by atoms with van der Waals surface area (Å²) in [4.78, 5) is 9.90. The minimum atomic E-state index is -0.699. The van der Waals surface area contributed by atoms with E-state index in [4.69, 9.17) is 27.4 Å². The van der Waals surface area contributed by atoms with Gasteiger partial charge < -0.3 is 0 Å². The highest BCUT2D eigenvalue weighted by Gasteiger charge is 2.15. The molecule has 0 aliphatic rings. The second-order valence-corrected chi connectivity index (χ2v) is 3.42. The van der Waals surface area contributed by atoms with Gasteiger partial charge in [-0.25, -0.2) is 0 Å². The van der Waals surface area contributed by atoms with Gasteiger partial charge in [-0.2, -0.15) is 20.9 Å². The third-order valence-corrected chi connectivity index (χ3v) is 2.20. The molecule has 0 unspecified atom stereocenters. The third-order valence-electron chi connectivity index (χ3n) is 1.90. The van der Waals surface area contributed by atoms with Crippen molar-refractivity contribution in [3.63, 3.8) is 0 Å².